The van der Waals surface area contributed by atoms with Crippen LogP contribution in [0.3, 0.4) is 0 Å². The van der Waals surface area contributed by atoms with Crippen LogP contribution in [-0.2, 0) is 0 Å². The zero-order valence-electron chi connectivity index (χ0n) is 8.53. The average Bonchev–Trinajstić information content (AvgIpc) is 2.59. The Hall–Kier alpha value is 0.310. The van der Waals surface area contributed by atoms with Crippen LogP contribution in [0, 0.1) is 5.41 Å². The van der Waals surface area contributed by atoms with E-state index in [1.54, 1.807) is 0 Å². The first kappa shape index (κ1) is 8.89. The van der Waals surface area contributed by atoms with Gasteiger partial charge in [-0.05, 0) is 39.0 Å². The van der Waals surface area contributed by atoms with E-state index in [1.807, 2.05) is 0 Å². The van der Waals surface area contributed by atoms with Gasteiger partial charge in [0, 0.05) is 11.3 Å². The first-order valence-corrected chi connectivity index (χ1v) is 5.79. The van der Waals surface area contributed by atoms with E-state index in [2.05, 4.69) is 44.8 Å². The molecule has 1 saturated heterocycles. The minimum atomic E-state index is 0.338. The standard InChI is InChI=1S/C10H19NS/c1-8(2)7-12-10(4,11-8)9(3)5-6-9/h11H,5-7H2,1-4H3. The maximum absolute atomic E-state index is 3.77. The highest BCUT2D eigenvalue weighted by Crippen LogP contribution is 2.60. The zero-order valence-corrected chi connectivity index (χ0v) is 9.35. The predicted octanol–water partition coefficient (Wildman–Crippen LogP) is 2.62. The smallest absolute Gasteiger partial charge is 0.0675 e. The summed E-state index contributed by atoms with van der Waals surface area (Å²) in [5.41, 5.74) is 0.913. The van der Waals surface area contributed by atoms with E-state index in [0.717, 1.165) is 0 Å². The number of thioether (sulfide) groups is 1. The summed E-state index contributed by atoms with van der Waals surface area (Å²) in [6.45, 7) is 9.39. The van der Waals surface area contributed by atoms with Gasteiger partial charge in [0.25, 0.3) is 0 Å². The Labute approximate surface area is 79.7 Å². The minimum absolute atomic E-state index is 0.338. The predicted molar refractivity (Wildman–Crippen MR) is 55.4 cm³/mol. The molecule has 0 aromatic rings. The third kappa shape index (κ3) is 1.20. The Kier molecular flexibility index (Phi) is 1.64. The topological polar surface area (TPSA) is 12.0 Å². The van der Waals surface area contributed by atoms with Crippen molar-refractivity contribution in [3.05, 3.63) is 0 Å². The van der Waals surface area contributed by atoms with E-state index in [1.165, 1.54) is 18.6 Å². The molecule has 0 spiro atoms. The Morgan fingerprint density at radius 3 is 2.00 bits per heavy atom. The molecular weight excluding hydrogens is 166 g/mol. The van der Waals surface area contributed by atoms with Crippen LogP contribution >= 0.6 is 11.8 Å². The van der Waals surface area contributed by atoms with Crippen molar-refractivity contribution in [3.8, 4) is 0 Å². The largest absolute Gasteiger partial charge is 0.297 e. The highest BCUT2D eigenvalue weighted by molar-refractivity contribution is 8.01. The van der Waals surface area contributed by atoms with Gasteiger partial charge in [-0.3, -0.25) is 5.32 Å². The second-order valence-corrected chi connectivity index (χ2v) is 6.79. The fourth-order valence-electron chi connectivity index (χ4n) is 2.03. The molecule has 70 valence electrons. The molecule has 2 rings (SSSR count). The SMILES string of the molecule is CC1(C)CSC(C)(C2(C)CC2)N1. The van der Waals surface area contributed by atoms with Gasteiger partial charge in [0.2, 0.25) is 0 Å². The molecule has 1 unspecified atom stereocenters. The zero-order chi connectivity index (χ0) is 9.04. The molecule has 1 atom stereocenters. The Bertz CT molecular complexity index is 208. The quantitative estimate of drug-likeness (QED) is 0.674. The first-order valence-electron chi connectivity index (χ1n) is 4.80. The molecule has 2 heteroatoms. The number of rotatable bonds is 1. The van der Waals surface area contributed by atoms with Gasteiger partial charge in [0.15, 0.2) is 0 Å². The van der Waals surface area contributed by atoms with E-state index >= 15 is 0 Å². The summed E-state index contributed by atoms with van der Waals surface area (Å²) in [7, 11) is 0. The van der Waals surface area contributed by atoms with Crippen molar-refractivity contribution in [1.29, 1.82) is 0 Å². The molecule has 2 fully saturated rings. The summed E-state index contributed by atoms with van der Waals surface area (Å²) in [5.74, 6) is 1.25. The summed E-state index contributed by atoms with van der Waals surface area (Å²) < 4.78 is 0. The van der Waals surface area contributed by atoms with Gasteiger partial charge in [-0.25, -0.2) is 0 Å². The lowest BCUT2D eigenvalue weighted by Gasteiger charge is -2.33. The monoisotopic (exact) mass is 185 g/mol. The fourth-order valence-corrected chi connectivity index (χ4v) is 3.66. The molecule has 2 aliphatic rings. The highest BCUT2D eigenvalue weighted by atomic mass is 32.2. The van der Waals surface area contributed by atoms with Crippen LogP contribution in [-0.4, -0.2) is 16.2 Å². The first-order chi connectivity index (χ1) is 5.37. The Balaban J connectivity index is 2.15. The van der Waals surface area contributed by atoms with E-state index in [4.69, 9.17) is 0 Å². The van der Waals surface area contributed by atoms with Gasteiger partial charge < -0.3 is 0 Å². The molecule has 1 heterocycles. The highest BCUT2D eigenvalue weighted by Gasteiger charge is 2.57. The van der Waals surface area contributed by atoms with Crippen LogP contribution in [0.4, 0.5) is 0 Å². The van der Waals surface area contributed by atoms with E-state index in [9.17, 15) is 0 Å². The third-order valence-electron chi connectivity index (χ3n) is 3.45. The van der Waals surface area contributed by atoms with Gasteiger partial charge in [-0.2, -0.15) is 0 Å². The maximum Gasteiger partial charge on any atom is 0.0675 e. The van der Waals surface area contributed by atoms with Crippen LogP contribution in [0.25, 0.3) is 0 Å². The second-order valence-electron chi connectivity index (χ2n) is 5.39. The molecule has 0 aromatic heterocycles. The Morgan fingerprint density at radius 2 is 1.67 bits per heavy atom. The molecule has 1 saturated carbocycles. The molecule has 0 bridgehead atoms. The van der Waals surface area contributed by atoms with E-state index < -0.39 is 0 Å². The van der Waals surface area contributed by atoms with Crippen LogP contribution < -0.4 is 5.32 Å². The Morgan fingerprint density at radius 1 is 1.08 bits per heavy atom. The van der Waals surface area contributed by atoms with Gasteiger partial charge in [0.1, 0.15) is 0 Å². The second kappa shape index (κ2) is 2.21. The molecule has 0 aromatic carbocycles. The van der Waals surface area contributed by atoms with Crippen LogP contribution in [0.5, 0.6) is 0 Å². The maximum atomic E-state index is 3.77. The van der Waals surface area contributed by atoms with Crippen molar-refractivity contribution in [2.75, 3.05) is 5.75 Å². The normalized spacial score (nSPS) is 43.0. The molecule has 0 radical (unpaired) electrons. The molecule has 1 aliphatic carbocycles. The summed E-state index contributed by atoms with van der Waals surface area (Å²) >= 11 is 2.11. The van der Waals surface area contributed by atoms with Crippen molar-refractivity contribution in [2.45, 2.75) is 50.9 Å². The fraction of sp³-hybridized carbons (Fsp3) is 1.00. The molecular formula is C10H19NS. The van der Waals surface area contributed by atoms with Crippen molar-refractivity contribution in [3.63, 3.8) is 0 Å². The summed E-state index contributed by atoms with van der Waals surface area (Å²) in [6, 6.07) is 0. The van der Waals surface area contributed by atoms with Crippen LogP contribution in [0.2, 0.25) is 0 Å². The van der Waals surface area contributed by atoms with E-state index in [0.29, 0.717) is 15.8 Å². The van der Waals surface area contributed by atoms with Crippen molar-refractivity contribution in [1.82, 2.24) is 5.32 Å². The lowest BCUT2D eigenvalue weighted by molar-refractivity contribution is 0.289. The van der Waals surface area contributed by atoms with E-state index in [-0.39, 0.29) is 0 Å². The van der Waals surface area contributed by atoms with Crippen LogP contribution in [0.1, 0.15) is 40.5 Å². The van der Waals surface area contributed by atoms with Crippen molar-refractivity contribution < 1.29 is 0 Å². The molecule has 1 nitrogen and oxygen atoms in total. The number of hydrogen-bond donors (Lipinski definition) is 1. The number of nitrogens with one attached hydrogen (secondary N) is 1. The average molecular weight is 185 g/mol. The minimum Gasteiger partial charge on any atom is -0.297 e. The van der Waals surface area contributed by atoms with Gasteiger partial charge in [-0.1, -0.05) is 6.92 Å². The number of hydrogen-bond acceptors (Lipinski definition) is 2. The van der Waals surface area contributed by atoms with Gasteiger partial charge in [-0.15, -0.1) is 11.8 Å². The van der Waals surface area contributed by atoms with Gasteiger partial charge >= 0.3 is 0 Å². The molecule has 0 amide bonds. The van der Waals surface area contributed by atoms with Crippen molar-refractivity contribution in [2.24, 2.45) is 5.41 Å². The third-order valence-corrected chi connectivity index (χ3v) is 5.49. The molecule has 12 heavy (non-hydrogen) atoms. The lowest BCUT2D eigenvalue weighted by atomic mass is 9.97. The van der Waals surface area contributed by atoms with Gasteiger partial charge in [0.05, 0.1) is 4.87 Å². The summed E-state index contributed by atoms with van der Waals surface area (Å²) in [4.78, 5) is 0.344. The summed E-state index contributed by atoms with van der Waals surface area (Å²) in [6.07, 6.45) is 2.80. The molecule has 1 N–H and O–H groups in total. The van der Waals surface area contributed by atoms with Crippen molar-refractivity contribution >= 4 is 11.8 Å². The lowest BCUT2D eigenvalue weighted by Crippen LogP contribution is -2.49. The summed E-state index contributed by atoms with van der Waals surface area (Å²) in [5, 5.41) is 3.77. The van der Waals surface area contributed by atoms with Crippen LogP contribution in [0.15, 0.2) is 0 Å². The molecule has 1 aliphatic heterocycles.